The zero-order valence-corrected chi connectivity index (χ0v) is 15.2. The van der Waals surface area contributed by atoms with Crippen LogP contribution in [0.2, 0.25) is 0 Å². The highest BCUT2D eigenvalue weighted by atomic mass is 15.3. The highest BCUT2D eigenvalue weighted by Gasteiger charge is 2.23. The maximum atomic E-state index is 4.89. The quantitative estimate of drug-likeness (QED) is 0.849. The first kappa shape index (κ1) is 16.4. The van der Waals surface area contributed by atoms with Gasteiger partial charge in [-0.3, -0.25) is 0 Å². The van der Waals surface area contributed by atoms with Crippen molar-refractivity contribution in [2.75, 3.05) is 36.0 Å². The second kappa shape index (κ2) is 7.42. The van der Waals surface area contributed by atoms with Gasteiger partial charge >= 0.3 is 0 Å². The summed E-state index contributed by atoms with van der Waals surface area (Å²) < 4.78 is 0. The SMILES string of the molecule is Cc1cc(N2CCCC2)nc(N2CCC(Cc3ccccc3)CC2)n1. The van der Waals surface area contributed by atoms with Crippen molar-refractivity contribution < 1.29 is 0 Å². The first-order valence-electron chi connectivity index (χ1n) is 9.67. The molecule has 132 valence electrons. The number of anilines is 2. The molecule has 25 heavy (non-hydrogen) atoms. The van der Waals surface area contributed by atoms with Crippen LogP contribution < -0.4 is 9.80 Å². The molecule has 0 saturated carbocycles. The van der Waals surface area contributed by atoms with Gasteiger partial charge in [0, 0.05) is 37.9 Å². The fourth-order valence-electron chi connectivity index (χ4n) is 4.07. The van der Waals surface area contributed by atoms with Gasteiger partial charge < -0.3 is 9.80 Å². The van der Waals surface area contributed by atoms with Crippen LogP contribution >= 0.6 is 0 Å². The van der Waals surface area contributed by atoms with Gasteiger partial charge in [0.05, 0.1) is 0 Å². The number of rotatable bonds is 4. The zero-order chi connectivity index (χ0) is 17.1. The summed E-state index contributed by atoms with van der Waals surface area (Å²) in [6, 6.07) is 13.0. The maximum Gasteiger partial charge on any atom is 0.227 e. The smallest absolute Gasteiger partial charge is 0.227 e. The van der Waals surface area contributed by atoms with Crippen molar-refractivity contribution in [3.8, 4) is 0 Å². The molecule has 2 saturated heterocycles. The number of hydrogen-bond acceptors (Lipinski definition) is 4. The van der Waals surface area contributed by atoms with Crippen LogP contribution in [0.1, 0.15) is 36.9 Å². The van der Waals surface area contributed by atoms with Gasteiger partial charge in [0.25, 0.3) is 0 Å². The number of hydrogen-bond donors (Lipinski definition) is 0. The van der Waals surface area contributed by atoms with E-state index in [-0.39, 0.29) is 0 Å². The molecule has 0 aliphatic carbocycles. The molecule has 2 aliphatic rings. The van der Waals surface area contributed by atoms with E-state index in [1.807, 2.05) is 0 Å². The first-order chi connectivity index (χ1) is 12.3. The lowest BCUT2D eigenvalue weighted by Gasteiger charge is -2.32. The molecule has 2 aromatic rings. The van der Waals surface area contributed by atoms with Crippen molar-refractivity contribution in [3.63, 3.8) is 0 Å². The lowest BCUT2D eigenvalue weighted by atomic mass is 9.90. The van der Waals surface area contributed by atoms with Gasteiger partial charge in [-0.25, -0.2) is 4.98 Å². The molecule has 0 radical (unpaired) electrons. The minimum atomic E-state index is 0.779. The Morgan fingerprint density at radius 3 is 2.36 bits per heavy atom. The molecule has 2 fully saturated rings. The Labute approximate surface area is 150 Å². The average Bonchev–Trinajstić information content (AvgIpc) is 3.17. The van der Waals surface area contributed by atoms with E-state index in [2.05, 4.69) is 53.1 Å². The third kappa shape index (κ3) is 3.94. The van der Waals surface area contributed by atoms with Gasteiger partial charge in [-0.2, -0.15) is 4.98 Å². The van der Waals surface area contributed by atoms with E-state index in [0.29, 0.717) is 0 Å². The predicted molar refractivity (Wildman–Crippen MR) is 103 cm³/mol. The van der Waals surface area contributed by atoms with E-state index in [1.165, 1.54) is 37.7 Å². The van der Waals surface area contributed by atoms with Gasteiger partial charge in [-0.05, 0) is 50.5 Å². The second-order valence-corrected chi connectivity index (χ2v) is 7.48. The van der Waals surface area contributed by atoms with Crippen LogP contribution in [0.4, 0.5) is 11.8 Å². The van der Waals surface area contributed by atoms with E-state index < -0.39 is 0 Å². The predicted octanol–water partition coefficient (Wildman–Crippen LogP) is 3.84. The first-order valence-corrected chi connectivity index (χ1v) is 9.67. The average molecular weight is 336 g/mol. The molecule has 2 aliphatic heterocycles. The van der Waals surface area contributed by atoms with Crippen LogP contribution in [0.15, 0.2) is 36.4 Å². The van der Waals surface area contributed by atoms with Gasteiger partial charge in [0.15, 0.2) is 0 Å². The Balaban J connectivity index is 1.40. The molecular weight excluding hydrogens is 308 g/mol. The largest absolute Gasteiger partial charge is 0.356 e. The van der Waals surface area contributed by atoms with Crippen LogP contribution in [-0.4, -0.2) is 36.1 Å². The molecule has 3 heterocycles. The van der Waals surface area contributed by atoms with Gasteiger partial charge in [0.1, 0.15) is 5.82 Å². The summed E-state index contributed by atoms with van der Waals surface area (Å²) in [4.78, 5) is 14.4. The van der Waals surface area contributed by atoms with Gasteiger partial charge in [0.2, 0.25) is 5.95 Å². The topological polar surface area (TPSA) is 32.3 Å². The van der Waals surface area contributed by atoms with Crippen molar-refractivity contribution in [1.82, 2.24) is 9.97 Å². The zero-order valence-electron chi connectivity index (χ0n) is 15.2. The number of benzene rings is 1. The molecule has 0 N–H and O–H groups in total. The minimum absolute atomic E-state index is 0.779. The number of nitrogens with zero attached hydrogens (tertiary/aromatic N) is 4. The lowest BCUT2D eigenvalue weighted by Crippen LogP contribution is -2.36. The normalized spacial score (nSPS) is 18.8. The molecule has 0 bridgehead atoms. The summed E-state index contributed by atoms with van der Waals surface area (Å²) in [6.45, 7) is 6.50. The van der Waals surface area contributed by atoms with Crippen molar-refractivity contribution >= 4 is 11.8 Å². The van der Waals surface area contributed by atoms with Crippen molar-refractivity contribution in [2.45, 2.75) is 39.0 Å². The number of aromatic nitrogens is 2. The fraction of sp³-hybridized carbons (Fsp3) is 0.524. The summed E-state index contributed by atoms with van der Waals surface area (Å²) in [5.41, 5.74) is 2.54. The van der Waals surface area contributed by atoms with Crippen molar-refractivity contribution in [1.29, 1.82) is 0 Å². The number of aryl methyl sites for hydroxylation is 1. The monoisotopic (exact) mass is 336 g/mol. The summed E-state index contributed by atoms with van der Waals surface area (Å²) in [5.74, 6) is 2.83. The third-order valence-corrected chi connectivity index (χ3v) is 5.52. The Bertz CT molecular complexity index is 686. The summed E-state index contributed by atoms with van der Waals surface area (Å²) in [7, 11) is 0. The third-order valence-electron chi connectivity index (χ3n) is 5.52. The van der Waals surface area contributed by atoms with E-state index >= 15 is 0 Å². The van der Waals surface area contributed by atoms with Crippen molar-refractivity contribution in [3.05, 3.63) is 47.7 Å². The minimum Gasteiger partial charge on any atom is -0.356 e. The molecule has 1 aromatic carbocycles. The molecule has 0 spiro atoms. The molecule has 4 rings (SSSR count). The molecule has 4 nitrogen and oxygen atoms in total. The number of piperidine rings is 1. The van der Waals surface area contributed by atoms with Gasteiger partial charge in [-0.15, -0.1) is 0 Å². The summed E-state index contributed by atoms with van der Waals surface area (Å²) in [6.07, 6.45) is 6.21. The Kier molecular flexibility index (Phi) is 4.86. The Morgan fingerprint density at radius 2 is 1.64 bits per heavy atom. The highest BCUT2D eigenvalue weighted by Crippen LogP contribution is 2.26. The summed E-state index contributed by atoms with van der Waals surface area (Å²) in [5, 5.41) is 0. The van der Waals surface area contributed by atoms with Gasteiger partial charge in [-0.1, -0.05) is 30.3 Å². The Hall–Kier alpha value is -2.10. The molecular formula is C21H28N4. The van der Waals surface area contributed by atoms with Crippen LogP contribution in [0.3, 0.4) is 0 Å². The Morgan fingerprint density at radius 1 is 0.920 bits per heavy atom. The molecule has 4 heteroatoms. The van der Waals surface area contributed by atoms with Crippen molar-refractivity contribution in [2.24, 2.45) is 5.92 Å². The molecule has 1 aromatic heterocycles. The standard InChI is InChI=1S/C21H28N4/c1-17-15-20(24-11-5-6-12-24)23-21(22-17)25-13-9-19(10-14-25)16-18-7-3-2-4-8-18/h2-4,7-8,15,19H,5-6,9-14,16H2,1H3. The molecule has 0 atom stereocenters. The lowest BCUT2D eigenvalue weighted by molar-refractivity contribution is 0.400. The molecule has 0 amide bonds. The van der Waals surface area contributed by atoms with Crippen LogP contribution in [0.25, 0.3) is 0 Å². The van der Waals surface area contributed by atoms with E-state index in [1.54, 1.807) is 0 Å². The van der Waals surface area contributed by atoms with E-state index in [4.69, 9.17) is 9.97 Å². The van der Waals surface area contributed by atoms with Crippen LogP contribution in [0, 0.1) is 12.8 Å². The molecule has 0 unspecified atom stereocenters. The fourth-order valence-corrected chi connectivity index (χ4v) is 4.07. The highest BCUT2D eigenvalue weighted by molar-refractivity contribution is 5.46. The van der Waals surface area contributed by atoms with Crippen LogP contribution in [-0.2, 0) is 6.42 Å². The van der Waals surface area contributed by atoms with Crippen LogP contribution in [0.5, 0.6) is 0 Å². The van der Waals surface area contributed by atoms with E-state index in [9.17, 15) is 0 Å². The van der Waals surface area contributed by atoms with E-state index in [0.717, 1.165) is 49.6 Å². The summed E-state index contributed by atoms with van der Waals surface area (Å²) >= 11 is 0. The maximum absolute atomic E-state index is 4.89. The second-order valence-electron chi connectivity index (χ2n) is 7.48.